The Labute approximate surface area is 104 Å². The molecule has 0 radical (unpaired) electrons. The molecule has 0 N–H and O–H groups in total. The van der Waals surface area contributed by atoms with Gasteiger partial charge >= 0.3 is 6.18 Å². The Morgan fingerprint density at radius 3 is 2.33 bits per heavy atom. The summed E-state index contributed by atoms with van der Waals surface area (Å²) in [6.07, 6.45) is -5.75. The predicted molar refractivity (Wildman–Crippen MR) is 58.1 cm³/mol. The van der Waals surface area contributed by atoms with Crippen molar-refractivity contribution in [3.63, 3.8) is 0 Å². The fraction of sp³-hybridized carbons (Fsp3) is 0.909. The Morgan fingerprint density at radius 1 is 1.39 bits per heavy atom. The highest BCUT2D eigenvalue weighted by Crippen LogP contribution is 2.17. The summed E-state index contributed by atoms with van der Waals surface area (Å²) < 4.78 is 45.9. The van der Waals surface area contributed by atoms with Crippen LogP contribution in [0.15, 0.2) is 0 Å². The van der Waals surface area contributed by atoms with E-state index < -0.39 is 24.8 Å². The van der Waals surface area contributed by atoms with E-state index in [-0.39, 0.29) is 12.2 Å². The zero-order chi connectivity index (χ0) is 13.9. The first-order valence-electron chi connectivity index (χ1n) is 5.81. The van der Waals surface area contributed by atoms with Crippen molar-refractivity contribution in [1.29, 1.82) is 0 Å². The van der Waals surface area contributed by atoms with Crippen LogP contribution in [0.1, 0.15) is 20.8 Å². The lowest BCUT2D eigenvalue weighted by Crippen LogP contribution is -2.51. The quantitative estimate of drug-likeness (QED) is 0.781. The highest BCUT2D eigenvalue weighted by Gasteiger charge is 2.33. The fourth-order valence-electron chi connectivity index (χ4n) is 1.91. The van der Waals surface area contributed by atoms with Gasteiger partial charge in [0, 0.05) is 13.1 Å². The number of alkyl halides is 3. The highest BCUT2D eigenvalue weighted by molar-refractivity contribution is 5.80. The molecule has 0 aliphatic carbocycles. The average Bonchev–Trinajstić information content (AvgIpc) is 2.22. The van der Waals surface area contributed by atoms with Crippen LogP contribution in [0, 0.1) is 0 Å². The molecule has 0 bridgehead atoms. The minimum absolute atomic E-state index is 0.118. The molecule has 1 aliphatic rings. The van der Waals surface area contributed by atoms with Crippen LogP contribution in [0.5, 0.6) is 0 Å². The van der Waals surface area contributed by atoms with Crippen molar-refractivity contribution in [1.82, 2.24) is 4.90 Å². The van der Waals surface area contributed by atoms with Crippen LogP contribution in [-0.4, -0.2) is 55.0 Å². The van der Waals surface area contributed by atoms with Gasteiger partial charge in [0.1, 0.15) is 12.7 Å². The Hall–Kier alpha value is -0.820. The van der Waals surface area contributed by atoms with E-state index in [0.717, 1.165) is 0 Å². The van der Waals surface area contributed by atoms with Gasteiger partial charge in [0.05, 0.1) is 12.2 Å². The standard InChI is InChI=1S/C11H18F3NO3/c1-7-4-15(5-8(2)18-7)10(16)9(3)17-6-11(12,13)14/h7-9H,4-6H2,1-3H3/t7-,8+,9-/m1/s1. The molecule has 4 nitrogen and oxygen atoms in total. The molecular weight excluding hydrogens is 251 g/mol. The first-order chi connectivity index (χ1) is 8.19. The molecule has 0 saturated carbocycles. The third-order valence-corrected chi connectivity index (χ3v) is 2.58. The fourth-order valence-corrected chi connectivity index (χ4v) is 1.91. The van der Waals surface area contributed by atoms with E-state index in [4.69, 9.17) is 4.74 Å². The molecule has 1 fully saturated rings. The Kier molecular flexibility index (Phi) is 4.98. The zero-order valence-electron chi connectivity index (χ0n) is 10.7. The van der Waals surface area contributed by atoms with Gasteiger partial charge < -0.3 is 14.4 Å². The van der Waals surface area contributed by atoms with Gasteiger partial charge in [0.25, 0.3) is 5.91 Å². The van der Waals surface area contributed by atoms with Crippen LogP contribution in [0.25, 0.3) is 0 Å². The summed E-state index contributed by atoms with van der Waals surface area (Å²) in [5, 5.41) is 0. The number of ether oxygens (including phenoxy) is 2. The lowest BCUT2D eigenvalue weighted by atomic mass is 10.2. The number of amides is 1. The maximum atomic E-state index is 12.0. The summed E-state index contributed by atoms with van der Waals surface area (Å²) in [4.78, 5) is 13.4. The number of hydrogen-bond donors (Lipinski definition) is 0. The number of carbonyl (C=O) groups excluding carboxylic acids is 1. The van der Waals surface area contributed by atoms with Gasteiger partial charge in [0.2, 0.25) is 0 Å². The molecule has 1 aliphatic heterocycles. The summed E-state index contributed by atoms with van der Waals surface area (Å²) in [7, 11) is 0. The van der Waals surface area contributed by atoms with Gasteiger partial charge in [-0.05, 0) is 20.8 Å². The molecule has 0 spiro atoms. The molecule has 106 valence electrons. The van der Waals surface area contributed by atoms with Crippen molar-refractivity contribution in [3.05, 3.63) is 0 Å². The maximum Gasteiger partial charge on any atom is 0.411 e. The van der Waals surface area contributed by atoms with Crippen molar-refractivity contribution in [3.8, 4) is 0 Å². The minimum Gasteiger partial charge on any atom is -0.372 e. The van der Waals surface area contributed by atoms with Crippen molar-refractivity contribution >= 4 is 5.91 Å². The lowest BCUT2D eigenvalue weighted by Gasteiger charge is -2.36. The summed E-state index contributed by atoms with van der Waals surface area (Å²) in [6.45, 7) is 4.31. The molecular formula is C11H18F3NO3. The minimum atomic E-state index is -4.42. The molecule has 0 unspecified atom stereocenters. The first kappa shape index (κ1) is 15.2. The second-order valence-electron chi connectivity index (χ2n) is 4.57. The monoisotopic (exact) mass is 269 g/mol. The lowest BCUT2D eigenvalue weighted by molar-refractivity contribution is -0.191. The van der Waals surface area contributed by atoms with Crippen molar-refractivity contribution < 1.29 is 27.4 Å². The van der Waals surface area contributed by atoms with E-state index in [9.17, 15) is 18.0 Å². The SMILES string of the molecule is C[C@@H]1CN(C(=O)[C@@H](C)OCC(F)(F)F)C[C@H](C)O1. The van der Waals surface area contributed by atoms with E-state index in [1.54, 1.807) is 0 Å². The van der Waals surface area contributed by atoms with Crippen LogP contribution in [0.2, 0.25) is 0 Å². The Balaban J connectivity index is 2.47. The number of nitrogens with zero attached hydrogens (tertiary/aromatic N) is 1. The van der Waals surface area contributed by atoms with Crippen LogP contribution in [-0.2, 0) is 14.3 Å². The third-order valence-electron chi connectivity index (χ3n) is 2.58. The van der Waals surface area contributed by atoms with Gasteiger partial charge in [-0.1, -0.05) is 0 Å². The molecule has 18 heavy (non-hydrogen) atoms. The smallest absolute Gasteiger partial charge is 0.372 e. The van der Waals surface area contributed by atoms with Crippen molar-refractivity contribution in [2.75, 3.05) is 19.7 Å². The first-order valence-corrected chi connectivity index (χ1v) is 5.81. The summed E-state index contributed by atoms with van der Waals surface area (Å²) in [5.41, 5.74) is 0. The number of carbonyl (C=O) groups is 1. The predicted octanol–water partition coefficient (Wildman–Crippen LogP) is 1.59. The largest absolute Gasteiger partial charge is 0.411 e. The molecule has 1 amide bonds. The highest BCUT2D eigenvalue weighted by atomic mass is 19.4. The normalized spacial score (nSPS) is 27.1. The number of morpholine rings is 1. The van der Waals surface area contributed by atoms with E-state index >= 15 is 0 Å². The van der Waals surface area contributed by atoms with Crippen LogP contribution in [0.4, 0.5) is 13.2 Å². The summed E-state index contributed by atoms with van der Waals surface area (Å²) in [5.74, 6) is -0.429. The van der Waals surface area contributed by atoms with Crippen LogP contribution < -0.4 is 0 Å². The molecule has 7 heteroatoms. The molecule has 3 atom stereocenters. The molecule has 0 aromatic carbocycles. The van der Waals surface area contributed by atoms with Crippen LogP contribution in [0.3, 0.4) is 0 Å². The van der Waals surface area contributed by atoms with Gasteiger partial charge in [-0.2, -0.15) is 13.2 Å². The molecule has 1 rings (SSSR count). The summed E-state index contributed by atoms with van der Waals surface area (Å²) >= 11 is 0. The molecule has 0 aromatic heterocycles. The third kappa shape index (κ3) is 4.81. The topological polar surface area (TPSA) is 38.8 Å². The van der Waals surface area contributed by atoms with Gasteiger partial charge in [0.15, 0.2) is 0 Å². The maximum absolute atomic E-state index is 12.0. The molecule has 0 aromatic rings. The average molecular weight is 269 g/mol. The van der Waals surface area contributed by atoms with E-state index in [1.165, 1.54) is 11.8 Å². The van der Waals surface area contributed by atoms with Gasteiger partial charge in [-0.3, -0.25) is 4.79 Å². The molecule has 1 heterocycles. The Morgan fingerprint density at radius 2 is 1.89 bits per heavy atom. The van der Waals surface area contributed by atoms with Crippen molar-refractivity contribution in [2.45, 2.75) is 45.3 Å². The van der Waals surface area contributed by atoms with Crippen LogP contribution >= 0.6 is 0 Å². The summed E-state index contributed by atoms with van der Waals surface area (Å²) in [6, 6.07) is 0. The van der Waals surface area contributed by atoms with Crippen molar-refractivity contribution in [2.24, 2.45) is 0 Å². The van der Waals surface area contributed by atoms with Gasteiger partial charge in [-0.15, -0.1) is 0 Å². The van der Waals surface area contributed by atoms with E-state index in [0.29, 0.717) is 13.1 Å². The van der Waals surface area contributed by atoms with E-state index in [1.807, 2.05) is 13.8 Å². The van der Waals surface area contributed by atoms with Gasteiger partial charge in [-0.25, -0.2) is 0 Å². The number of halogens is 3. The number of hydrogen-bond acceptors (Lipinski definition) is 3. The zero-order valence-corrected chi connectivity index (χ0v) is 10.7. The number of rotatable bonds is 3. The van der Waals surface area contributed by atoms with E-state index in [2.05, 4.69) is 4.74 Å². The second-order valence-corrected chi connectivity index (χ2v) is 4.57. The second kappa shape index (κ2) is 5.88. The Bertz CT molecular complexity index is 286. The molecule has 1 saturated heterocycles.